The van der Waals surface area contributed by atoms with Crippen LogP contribution in [0.5, 0.6) is 0 Å². The molecule has 2 aliphatic rings. The van der Waals surface area contributed by atoms with Crippen molar-refractivity contribution in [3.63, 3.8) is 0 Å². The van der Waals surface area contributed by atoms with Gasteiger partial charge in [0.25, 0.3) is 5.91 Å². The van der Waals surface area contributed by atoms with E-state index in [0.717, 1.165) is 4.90 Å². The second-order valence-electron chi connectivity index (χ2n) is 5.98. The van der Waals surface area contributed by atoms with Gasteiger partial charge in [0, 0.05) is 10.6 Å². The smallest absolute Gasteiger partial charge is 0.339 e. The third-order valence-corrected chi connectivity index (χ3v) is 4.84. The van der Waals surface area contributed by atoms with Gasteiger partial charge in [0.1, 0.15) is 11.6 Å². The third-order valence-electron chi connectivity index (χ3n) is 4.51. The minimum Gasteiger partial charge on any atom is -0.465 e. The van der Waals surface area contributed by atoms with Crippen LogP contribution in [0.15, 0.2) is 53.7 Å². The molecule has 2 atom stereocenters. The van der Waals surface area contributed by atoms with E-state index in [4.69, 9.17) is 21.2 Å². The van der Waals surface area contributed by atoms with Crippen LogP contribution in [0.3, 0.4) is 0 Å². The second-order valence-corrected chi connectivity index (χ2v) is 6.39. The molecule has 2 aromatic carbocycles. The summed E-state index contributed by atoms with van der Waals surface area (Å²) in [7, 11) is 1.23. The molecule has 7 nitrogen and oxygen atoms in total. The predicted molar refractivity (Wildman–Crippen MR) is 96.6 cm³/mol. The van der Waals surface area contributed by atoms with E-state index in [0.29, 0.717) is 16.3 Å². The third kappa shape index (κ3) is 2.59. The van der Waals surface area contributed by atoms with E-state index >= 15 is 0 Å². The summed E-state index contributed by atoms with van der Waals surface area (Å²) in [5.74, 6) is -2.70. The van der Waals surface area contributed by atoms with E-state index < -0.39 is 29.8 Å². The van der Waals surface area contributed by atoms with Crippen LogP contribution in [0.1, 0.15) is 15.9 Å². The molecule has 136 valence electrons. The molecule has 4 rings (SSSR count). The van der Waals surface area contributed by atoms with Crippen molar-refractivity contribution in [1.29, 1.82) is 0 Å². The first-order chi connectivity index (χ1) is 13.0. The predicted octanol–water partition coefficient (Wildman–Crippen LogP) is 2.42. The van der Waals surface area contributed by atoms with Gasteiger partial charge in [-0.15, -0.1) is 0 Å². The molecule has 1 saturated heterocycles. The van der Waals surface area contributed by atoms with Gasteiger partial charge in [-0.1, -0.05) is 47.1 Å². The van der Waals surface area contributed by atoms with Crippen LogP contribution in [0.25, 0.3) is 0 Å². The Bertz CT molecular complexity index is 1000. The first kappa shape index (κ1) is 17.2. The number of amides is 2. The zero-order chi connectivity index (χ0) is 19.1. The van der Waals surface area contributed by atoms with Gasteiger partial charge >= 0.3 is 5.97 Å². The average molecular weight is 385 g/mol. The lowest BCUT2D eigenvalue weighted by Gasteiger charge is -2.18. The van der Waals surface area contributed by atoms with Crippen LogP contribution >= 0.6 is 11.6 Å². The van der Waals surface area contributed by atoms with Crippen molar-refractivity contribution in [2.75, 3.05) is 12.0 Å². The van der Waals surface area contributed by atoms with E-state index in [-0.39, 0.29) is 11.3 Å². The highest BCUT2D eigenvalue weighted by Crippen LogP contribution is 2.37. The fourth-order valence-corrected chi connectivity index (χ4v) is 3.49. The Hall–Kier alpha value is -3.19. The molecule has 0 radical (unpaired) electrons. The maximum Gasteiger partial charge on any atom is 0.339 e. The number of halogens is 1. The summed E-state index contributed by atoms with van der Waals surface area (Å²) in [6.07, 6.45) is -1.09. The highest BCUT2D eigenvalue weighted by Gasteiger charge is 2.56. The average Bonchev–Trinajstić information content (AvgIpc) is 3.22. The highest BCUT2D eigenvalue weighted by molar-refractivity contribution is 6.38. The van der Waals surface area contributed by atoms with Crippen LogP contribution in [0.4, 0.5) is 5.69 Å². The van der Waals surface area contributed by atoms with Gasteiger partial charge in [-0.3, -0.25) is 9.59 Å². The minimum atomic E-state index is -1.09. The number of nitrogens with zero attached hydrogens (tertiary/aromatic N) is 2. The zero-order valence-corrected chi connectivity index (χ0v) is 14.8. The van der Waals surface area contributed by atoms with E-state index in [1.165, 1.54) is 19.2 Å². The summed E-state index contributed by atoms with van der Waals surface area (Å²) in [5, 5.41) is 4.32. The maximum atomic E-state index is 13.1. The Balaban J connectivity index is 1.76. The number of anilines is 1. The number of fused-ring (bicyclic) bond motifs is 1. The topological polar surface area (TPSA) is 85.3 Å². The van der Waals surface area contributed by atoms with Crippen molar-refractivity contribution < 1.29 is 24.0 Å². The fraction of sp³-hybridized carbons (Fsp3) is 0.158. The molecule has 0 aliphatic carbocycles. The number of rotatable bonds is 3. The van der Waals surface area contributed by atoms with E-state index in [2.05, 4.69) is 5.16 Å². The number of methoxy groups -OCH3 is 1. The van der Waals surface area contributed by atoms with Crippen molar-refractivity contribution in [3.05, 3.63) is 64.7 Å². The molecule has 0 aromatic heterocycles. The lowest BCUT2D eigenvalue weighted by molar-refractivity contribution is -0.126. The first-order valence-electron chi connectivity index (χ1n) is 8.08. The Morgan fingerprint density at radius 3 is 2.56 bits per heavy atom. The number of carbonyl (C=O) groups is 3. The van der Waals surface area contributed by atoms with Crippen molar-refractivity contribution in [2.45, 2.75) is 6.10 Å². The Morgan fingerprint density at radius 2 is 1.81 bits per heavy atom. The van der Waals surface area contributed by atoms with Crippen LogP contribution < -0.4 is 4.90 Å². The summed E-state index contributed by atoms with van der Waals surface area (Å²) < 4.78 is 4.75. The van der Waals surface area contributed by atoms with Crippen molar-refractivity contribution in [3.8, 4) is 0 Å². The Labute approximate surface area is 159 Å². The monoisotopic (exact) mass is 384 g/mol. The maximum absolute atomic E-state index is 13.1. The number of para-hydroxylation sites is 1. The Kier molecular flexibility index (Phi) is 4.16. The SMILES string of the molecule is COC(=O)c1ccccc1N1C(=O)[C@H]2C(c3ccccc3Cl)=NO[C@H]2C1=O. The molecule has 27 heavy (non-hydrogen) atoms. The van der Waals surface area contributed by atoms with Gasteiger partial charge < -0.3 is 9.57 Å². The summed E-state index contributed by atoms with van der Waals surface area (Å²) >= 11 is 6.21. The second kappa shape index (κ2) is 6.51. The van der Waals surface area contributed by atoms with E-state index in [1.54, 1.807) is 36.4 Å². The van der Waals surface area contributed by atoms with Crippen LogP contribution in [0.2, 0.25) is 5.02 Å². The molecule has 0 spiro atoms. The molecule has 2 aromatic rings. The van der Waals surface area contributed by atoms with Crippen molar-refractivity contribution in [2.24, 2.45) is 11.1 Å². The van der Waals surface area contributed by atoms with Crippen LogP contribution in [-0.2, 0) is 19.2 Å². The molecule has 2 aliphatic heterocycles. The zero-order valence-electron chi connectivity index (χ0n) is 14.1. The number of ether oxygens (including phenoxy) is 1. The summed E-state index contributed by atoms with van der Waals surface area (Å²) in [6, 6.07) is 13.1. The van der Waals surface area contributed by atoms with Gasteiger partial charge in [-0.25, -0.2) is 9.69 Å². The number of carbonyl (C=O) groups excluding carboxylic acids is 3. The molecule has 8 heteroatoms. The quantitative estimate of drug-likeness (QED) is 0.599. The number of imide groups is 1. The van der Waals surface area contributed by atoms with Gasteiger partial charge in [0.05, 0.1) is 18.4 Å². The van der Waals surface area contributed by atoms with Crippen LogP contribution in [-0.4, -0.2) is 36.7 Å². The van der Waals surface area contributed by atoms with E-state index in [9.17, 15) is 14.4 Å². The normalized spacial score (nSPS) is 21.0. The highest BCUT2D eigenvalue weighted by atomic mass is 35.5. The lowest BCUT2D eigenvalue weighted by atomic mass is 9.94. The molecule has 1 fully saturated rings. The first-order valence-corrected chi connectivity index (χ1v) is 8.46. The van der Waals surface area contributed by atoms with Crippen molar-refractivity contribution in [1.82, 2.24) is 0 Å². The van der Waals surface area contributed by atoms with E-state index in [1.807, 2.05) is 0 Å². The standard InChI is InChI=1S/C19H13ClN2O5/c1-26-19(25)11-7-3-5-9-13(11)22-17(23)14-15(21-27-16(14)18(22)24)10-6-2-4-8-12(10)20/h2-9,14,16H,1H3/t14-,16+/m0/s1. The molecular weight excluding hydrogens is 372 g/mol. The molecule has 2 amide bonds. The largest absolute Gasteiger partial charge is 0.465 e. The van der Waals surface area contributed by atoms with Gasteiger partial charge in [0.15, 0.2) is 0 Å². The van der Waals surface area contributed by atoms with Crippen LogP contribution in [0, 0.1) is 5.92 Å². The molecule has 0 N–H and O–H groups in total. The van der Waals surface area contributed by atoms with Gasteiger partial charge in [-0.2, -0.15) is 0 Å². The van der Waals surface area contributed by atoms with Gasteiger partial charge in [-0.05, 0) is 18.2 Å². The number of oxime groups is 1. The molecular formula is C19H13ClN2O5. The molecule has 0 unspecified atom stereocenters. The minimum absolute atomic E-state index is 0.109. The fourth-order valence-electron chi connectivity index (χ4n) is 3.26. The molecule has 0 bridgehead atoms. The number of esters is 1. The van der Waals surface area contributed by atoms with Gasteiger partial charge in [0.2, 0.25) is 12.0 Å². The molecule has 2 heterocycles. The number of hydrogen-bond donors (Lipinski definition) is 0. The summed E-state index contributed by atoms with van der Waals surface area (Å²) in [6.45, 7) is 0. The lowest BCUT2D eigenvalue weighted by Crippen LogP contribution is -2.34. The number of benzene rings is 2. The summed E-state index contributed by atoms with van der Waals surface area (Å²) in [4.78, 5) is 44.2. The Morgan fingerprint density at radius 1 is 1.11 bits per heavy atom. The summed E-state index contributed by atoms with van der Waals surface area (Å²) in [5.41, 5.74) is 1.08. The molecule has 0 saturated carbocycles. The number of hydrogen-bond acceptors (Lipinski definition) is 6. The van der Waals surface area contributed by atoms with Crippen molar-refractivity contribution >= 4 is 40.8 Å².